The van der Waals surface area contributed by atoms with Crippen molar-refractivity contribution in [2.24, 2.45) is 0 Å². The van der Waals surface area contributed by atoms with Gasteiger partial charge in [0.2, 0.25) is 0 Å². The minimum absolute atomic E-state index is 0.873. The Hall–Kier alpha value is -1.76. The first-order chi connectivity index (χ1) is 7.84. The summed E-state index contributed by atoms with van der Waals surface area (Å²) in [6.45, 7) is 6.05. The van der Waals surface area contributed by atoms with Crippen molar-refractivity contribution in [3.8, 4) is 11.5 Å². The van der Waals surface area contributed by atoms with Gasteiger partial charge in [0.25, 0.3) is 0 Å². The fourth-order valence-electron chi connectivity index (χ4n) is 1.30. The summed E-state index contributed by atoms with van der Waals surface area (Å²) in [7, 11) is 0. The average Bonchev–Trinajstić information content (AvgIpc) is 2.33. The highest BCUT2D eigenvalue weighted by Gasteiger charge is 1.95. The first kappa shape index (κ1) is 12.3. The topological polar surface area (TPSA) is 9.23 Å². The van der Waals surface area contributed by atoms with E-state index in [4.69, 9.17) is 4.74 Å². The van der Waals surface area contributed by atoms with E-state index in [9.17, 15) is 0 Å². The number of hydrogen-bond donors (Lipinski definition) is 0. The molecule has 2 aromatic carbocycles. The molecule has 0 saturated heterocycles. The largest absolute Gasteiger partial charge is 0.457 e. The molecule has 0 aliphatic rings. The lowest BCUT2D eigenvalue weighted by atomic mass is 10.2. The molecule has 0 unspecified atom stereocenters. The van der Waals surface area contributed by atoms with E-state index >= 15 is 0 Å². The quantitative estimate of drug-likeness (QED) is 0.696. The molecular weight excluding hydrogens is 196 g/mol. The molecule has 0 radical (unpaired) electrons. The standard InChI is InChI=1S/C13H12O.C2H6/c1-11-6-5-9-13(10-11)14-12-7-3-2-4-8-12;1-2/h2-10H,1H3;1-2H3. The highest BCUT2D eigenvalue weighted by molar-refractivity contribution is 5.33. The van der Waals surface area contributed by atoms with E-state index < -0.39 is 0 Å². The number of rotatable bonds is 2. The Bertz CT molecular complexity index is 407. The number of hydrogen-bond acceptors (Lipinski definition) is 1. The molecule has 0 atom stereocenters. The van der Waals surface area contributed by atoms with Gasteiger partial charge in [-0.1, -0.05) is 44.2 Å². The molecule has 0 spiro atoms. The highest BCUT2D eigenvalue weighted by Crippen LogP contribution is 2.21. The van der Waals surface area contributed by atoms with Gasteiger partial charge in [0.15, 0.2) is 0 Å². The van der Waals surface area contributed by atoms with Crippen LogP contribution in [0.3, 0.4) is 0 Å². The predicted molar refractivity (Wildman–Crippen MR) is 69.0 cm³/mol. The third-order valence-corrected chi connectivity index (χ3v) is 1.97. The van der Waals surface area contributed by atoms with Gasteiger partial charge in [-0.2, -0.15) is 0 Å². The van der Waals surface area contributed by atoms with Gasteiger partial charge in [-0.3, -0.25) is 0 Å². The molecule has 0 saturated carbocycles. The second kappa shape index (κ2) is 6.67. The van der Waals surface area contributed by atoms with Crippen molar-refractivity contribution in [1.82, 2.24) is 0 Å². The highest BCUT2D eigenvalue weighted by atomic mass is 16.5. The SMILES string of the molecule is CC.Cc1cccc(Oc2ccccc2)c1. The third-order valence-electron chi connectivity index (χ3n) is 1.97. The van der Waals surface area contributed by atoms with Crippen molar-refractivity contribution in [3.63, 3.8) is 0 Å². The molecule has 0 aliphatic carbocycles. The molecule has 0 aliphatic heterocycles. The fourth-order valence-corrected chi connectivity index (χ4v) is 1.30. The lowest BCUT2D eigenvalue weighted by Crippen LogP contribution is -1.83. The van der Waals surface area contributed by atoms with E-state index in [1.54, 1.807) is 0 Å². The smallest absolute Gasteiger partial charge is 0.127 e. The normalized spacial score (nSPS) is 8.94. The molecule has 2 rings (SSSR count). The van der Waals surface area contributed by atoms with Crippen molar-refractivity contribution in [2.45, 2.75) is 20.8 Å². The van der Waals surface area contributed by atoms with Gasteiger partial charge < -0.3 is 4.74 Å². The van der Waals surface area contributed by atoms with Gasteiger partial charge >= 0.3 is 0 Å². The summed E-state index contributed by atoms with van der Waals surface area (Å²) in [5.41, 5.74) is 1.21. The summed E-state index contributed by atoms with van der Waals surface area (Å²) in [6.07, 6.45) is 0. The van der Waals surface area contributed by atoms with E-state index in [1.807, 2.05) is 62.4 Å². The van der Waals surface area contributed by atoms with Crippen LogP contribution >= 0.6 is 0 Å². The van der Waals surface area contributed by atoms with Gasteiger partial charge in [-0.15, -0.1) is 0 Å². The molecule has 0 N–H and O–H groups in total. The summed E-state index contributed by atoms with van der Waals surface area (Å²) in [4.78, 5) is 0. The molecule has 0 heterocycles. The zero-order chi connectivity index (χ0) is 11.8. The summed E-state index contributed by atoms with van der Waals surface area (Å²) in [5.74, 6) is 1.76. The van der Waals surface area contributed by atoms with Crippen LogP contribution in [-0.4, -0.2) is 0 Å². The van der Waals surface area contributed by atoms with Crippen LogP contribution in [0, 0.1) is 6.92 Å². The van der Waals surface area contributed by atoms with E-state index in [1.165, 1.54) is 5.56 Å². The van der Waals surface area contributed by atoms with Crippen LogP contribution in [-0.2, 0) is 0 Å². The third kappa shape index (κ3) is 3.77. The second-order valence-electron chi connectivity index (χ2n) is 3.23. The van der Waals surface area contributed by atoms with Crippen molar-refractivity contribution in [1.29, 1.82) is 0 Å². The Morgan fingerprint density at radius 2 is 1.38 bits per heavy atom. The number of para-hydroxylation sites is 1. The van der Waals surface area contributed by atoms with Crippen molar-refractivity contribution >= 4 is 0 Å². The zero-order valence-electron chi connectivity index (χ0n) is 10.1. The molecule has 0 bridgehead atoms. The lowest BCUT2D eigenvalue weighted by Gasteiger charge is -2.05. The van der Waals surface area contributed by atoms with Crippen LogP contribution < -0.4 is 4.74 Å². The van der Waals surface area contributed by atoms with E-state index in [2.05, 4.69) is 13.0 Å². The van der Waals surface area contributed by atoms with Crippen molar-refractivity contribution in [3.05, 3.63) is 60.2 Å². The van der Waals surface area contributed by atoms with Crippen LogP contribution in [0.15, 0.2) is 54.6 Å². The number of ether oxygens (including phenoxy) is 1. The maximum Gasteiger partial charge on any atom is 0.127 e. The van der Waals surface area contributed by atoms with Gasteiger partial charge in [-0.25, -0.2) is 0 Å². The van der Waals surface area contributed by atoms with Crippen LogP contribution in [0.5, 0.6) is 11.5 Å². The predicted octanol–water partition coefficient (Wildman–Crippen LogP) is 4.81. The maximum absolute atomic E-state index is 5.66. The van der Waals surface area contributed by atoms with Gasteiger partial charge in [-0.05, 0) is 36.8 Å². The Labute approximate surface area is 97.7 Å². The molecule has 0 fully saturated rings. The zero-order valence-corrected chi connectivity index (χ0v) is 10.1. The minimum atomic E-state index is 0.873. The minimum Gasteiger partial charge on any atom is -0.457 e. The van der Waals surface area contributed by atoms with E-state index in [0.29, 0.717) is 0 Å². The van der Waals surface area contributed by atoms with Crippen molar-refractivity contribution < 1.29 is 4.74 Å². The van der Waals surface area contributed by atoms with Gasteiger partial charge in [0.05, 0.1) is 0 Å². The van der Waals surface area contributed by atoms with Crippen molar-refractivity contribution in [2.75, 3.05) is 0 Å². The summed E-state index contributed by atoms with van der Waals surface area (Å²) >= 11 is 0. The molecule has 16 heavy (non-hydrogen) atoms. The lowest BCUT2D eigenvalue weighted by molar-refractivity contribution is 0.482. The monoisotopic (exact) mass is 214 g/mol. The van der Waals surface area contributed by atoms with E-state index in [0.717, 1.165) is 11.5 Å². The van der Waals surface area contributed by atoms with Crippen LogP contribution in [0.25, 0.3) is 0 Å². The van der Waals surface area contributed by atoms with Crippen LogP contribution in [0.4, 0.5) is 0 Å². The molecule has 0 aromatic heterocycles. The molecule has 84 valence electrons. The number of aryl methyl sites for hydroxylation is 1. The Kier molecular flexibility index (Phi) is 5.13. The molecular formula is C15H18O. The summed E-state index contributed by atoms with van der Waals surface area (Å²) in [5, 5.41) is 0. The number of benzene rings is 2. The Balaban J connectivity index is 0.000000606. The van der Waals surface area contributed by atoms with Gasteiger partial charge in [0, 0.05) is 0 Å². The molecule has 0 amide bonds. The van der Waals surface area contributed by atoms with E-state index in [-0.39, 0.29) is 0 Å². The fraction of sp³-hybridized carbons (Fsp3) is 0.200. The molecule has 2 aromatic rings. The second-order valence-corrected chi connectivity index (χ2v) is 3.23. The summed E-state index contributed by atoms with van der Waals surface area (Å²) < 4.78 is 5.66. The molecule has 1 nitrogen and oxygen atoms in total. The van der Waals surface area contributed by atoms with Crippen LogP contribution in [0.2, 0.25) is 0 Å². The Morgan fingerprint density at radius 3 is 2.00 bits per heavy atom. The first-order valence-corrected chi connectivity index (χ1v) is 5.64. The summed E-state index contributed by atoms with van der Waals surface area (Å²) in [6, 6.07) is 17.8. The van der Waals surface area contributed by atoms with Crippen LogP contribution in [0.1, 0.15) is 19.4 Å². The maximum atomic E-state index is 5.66. The average molecular weight is 214 g/mol. The first-order valence-electron chi connectivity index (χ1n) is 5.64. The van der Waals surface area contributed by atoms with Gasteiger partial charge in [0.1, 0.15) is 11.5 Å². The molecule has 1 heteroatoms. The Morgan fingerprint density at radius 1 is 0.750 bits per heavy atom.